The second kappa shape index (κ2) is 16.0. The Balaban J connectivity index is 1.63. The zero-order valence-corrected chi connectivity index (χ0v) is 28.3. The predicted octanol–water partition coefficient (Wildman–Crippen LogP) is 4.24. The SMILES string of the molecule is C=Cc1cc2cc([C@@H](C)OC(=O)C3(C)CCCN(C(=O)[C@H](C)NC(=O)[C@@H](NC(=O)[C@H](C)[C@@H](/C=C/C)OC)C(C)C)N3)ccc2cn1. The normalized spacial score (nSPS) is 20.1. The Morgan fingerprint density at radius 2 is 1.78 bits per heavy atom. The van der Waals surface area contributed by atoms with Gasteiger partial charge in [-0.05, 0) is 75.6 Å². The van der Waals surface area contributed by atoms with Gasteiger partial charge in [0.25, 0.3) is 5.91 Å². The average molecular weight is 636 g/mol. The van der Waals surface area contributed by atoms with Crippen LogP contribution in [0.2, 0.25) is 0 Å². The summed E-state index contributed by atoms with van der Waals surface area (Å²) >= 11 is 0. The van der Waals surface area contributed by atoms with Crippen LogP contribution in [0.5, 0.6) is 0 Å². The van der Waals surface area contributed by atoms with Gasteiger partial charge in [-0.1, -0.05) is 51.6 Å². The highest BCUT2D eigenvalue weighted by Crippen LogP contribution is 2.27. The fourth-order valence-corrected chi connectivity index (χ4v) is 5.42. The van der Waals surface area contributed by atoms with Gasteiger partial charge in [-0.2, -0.15) is 0 Å². The fraction of sp³-hybridized carbons (Fsp3) is 0.514. The summed E-state index contributed by atoms with van der Waals surface area (Å²) in [5, 5.41) is 8.85. The number of pyridine rings is 1. The average Bonchev–Trinajstić information content (AvgIpc) is 3.04. The van der Waals surface area contributed by atoms with Gasteiger partial charge in [-0.15, -0.1) is 0 Å². The third-order valence-corrected chi connectivity index (χ3v) is 8.42. The van der Waals surface area contributed by atoms with Crippen LogP contribution in [-0.4, -0.2) is 71.1 Å². The number of carbonyl (C=O) groups excluding carboxylic acids is 4. The molecule has 0 aliphatic carbocycles. The molecule has 3 amide bonds. The Morgan fingerprint density at radius 3 is 2.41 bits per heavy atom. The molecule has 1 unspecified atom stereocenters. The van der Waals surface area contributed by atoms with Crippen molar-refractivity contribution in [1.29, 1.82) is 0 Å². The Labute approximate surface area is 272 Å². The maximum Gasteiger partial charge on any atom is 0.328 e. The molecule has 1 fully saturated rings. The minimum Gasteiger partial charge on any atom is -0.456 e. The van der Waals surface area contributed by atoms with E-state index < -0.39 is 53.5 Å². The molecule has 0 radical (unpaired) electrons. The topological polar surface area (TPSA) is 139 Å². The van der Waals surface area contributed by atoms with Gasteiger partial charge in [0.05, 0.1) is 17.7 Å². The lowest BCUT2D eigenvalue weighted by Crippen LogP contribution is -2.65. The van der Waals surface area contributed by atoms with Crippen LogP contribution in [0.25, 0.3) is 16.8 Å². The zero-order valence-electron chi connectivity index (χ0n) is 28.3. The number of nitrogens with one attached hydrogen (secondary N) is 3. The molecule has 1 saturated heterocycles. The molecule has 1 aliphatic rings. The number of rotatable bonds is 13. The summed E-state index contributed by atoms with van der Waals surface area (Å²) in [5.41, 5.74) is 3.49. The molecule has 3 N–H and O–H groups in total. The Hall–Kier alpha value is -4.09. The van der Waals surface area contributed by atoms with E-state index in [1.54, 1.807) is 45.2 Å². The van der Waals surface area contributed by atoms with E-state index in [4.69, 9.17) is 9.47 Å². The van der Waals surface area contributed by atoms with Crippen LogP contribution < -0.4 is 16.1 Å². The lowest BCUT2D eigenvalue weighted by molar-refractivity contribution is -0.164. The highest BCUT2D eigenvalue weighted by molar-refractivity contribution is 5.93. The first-order chi connectivity index (χ1) is 21.7. The zero-order chi connectivity index (χ0) is 34.2. The summed E-state index contributed by atoms with van der Waals surface area (Å²) in [5.74, 6) is -2.47. The van der Waals surface area contributed by atoms with Crippen LogP contribution in [0.3, 0.4) is 0 Å². The molecule has 11 nitrogen and oxygen atoms in total. The molecule has 1 aliphatic heterocycles. The molecule has 1 aromatic carbocycles. The number of ether oxygens (including phenoxy) is 2. The quantitative estimate of drug-likeness (QED) is 0.220. The van der Waals surface area contributed by atoms with Gasteiger partial charge in [0.15, 0.2) is 0 Å². The smallest absolute Gasteiger partial charge is 0.328 e. The van der Waals surface area contributed by atoms with Crippen LogP contribution >= 0.6 is 0 Å². The summed E-state index contributed by atoms with van der Waals surface area (Å²) in [7, 11) is 1.52. The van der Waals surface area contributed by atoms with Crippen molar-refractivity contribution >= 4 is 40.5 Å². The molecule has 6 atom stereocenters. The van der Waals surface area contributed by atoms with Gasteiger partial charge < -0.3 is 20.1 Å². The highest BCUT2D eigenvalue weighted by atomic mass is 16.5. The molecule has 11 heteroatoms. The first kappa shape index (κ1) is 36.4. The second-order valence-electron chi connectivity index (χ2n) is 12.5. The lowest BCUT2D eigenvalue weighted by atomic mass is 9.94. The highest BCUT2D eigenvalue weighted by Gasteiger charge is 2.42. The first-order valence-electron chi connectivity index (χ1n) is 15.8. The van der Waals surface area contributed by atoms with Crippen molar-refractivity contribution in [2.24, 2.45) is 11.8 Å². The summed E-state index contributed by atoms with van der Waals surface area (Å²) in [4.78, 5) is 57.5. The number of benzene rings is 1. The minimum atomic E-state index is -1.15. The molecule has 1 aromatic heterocycles. The number of carbonyl (C=O) groups is 4. The summed E-state index contributed by atoms with van der Waals surface area (Å²) in [6.07, 6.45) is 7.08. The summed E-state index contributed by atoms with van der Waals surface area (Å²) < 4.78 is 11.3. The van der Waals surface area contributed by atoms with Crippen molar-refractivity contribution in [3.8, 4) is 0 Å². The van der Waals surface area contributed by atoms with Crippen LogP contribution in [0.1, 0.15) is 78.7 Å². The van der Waals surface area contributed by atoms with Crippen molar-refractivity contribution in [3.05, 3.63) is 60.5 Å². The van der Waals surface area contributed by atoms with Crippen LogP contribution in [0, 0.1) is 11.8 Å². The molecule has 0 bridgehead atoms. The van der Waals surface area contributed by atoms with E-state index in [0.717, 1.165) is 22.0 Å². The number of hydrazine groups is 1. The van der Waals surface area contributed by atoms with Gasteiger partial charge in [-0.3, -0.25) is 24.4 Å². The molecule has 250 valence electrons. The molecule has 2 aromatic rings. The number of methoxy groups -OCH3 is 1. The standard InChI is InChI=1S/C35H49N5O6/c1-10-13-29(45-9)22(5)31(41)38-30(21(3)4)32(42)37-23(6)33(43)40-17-12-16-35(8,39-40)34(44)46-24(7)25-14-15-26-20-36-28(11-2)19-27(26)18-25/h10-11,13-15,18-24,29-30,39H,2,12,16-17H2,1,3-9H3,(H,37,42)(H,38,41)/b13-10+/t22-,23+,24-,29-,30+,35?/m1/s1. The monoisotopic (exact) mass is 635 g/mol. The van der Waals surface area contributed by atoms with Crippen molar-refractivity contribution in [2.75, 3.05) is 13.7 Å². The van der Waals surface area contributed by atoms with Crippen LogP contribution in [-0.2, 0) is 28.7 Å². The molecular weight excluding hydrogens is 586 g/mol. The Bertz CT molecular complexity index is 1460. The van der Waals surface area contributed by atoms with Gasteiger partial charge in [0.2, 0.25) is 11.8 Å². The van der Waals surface area contributed by atoms with Gasteiger partial charge in [-0.25, -0.2) is 10.2 Å². The molecule has 2 heterocycles. The Morgan fingerprint density at radius 1 is 1.07 bits per heavy atom. The number of allylic oxidation sites excluding steroid dienone is 1. The van der Waals surface area contributed by atoms with Gasteiger partial charge in [0, 0.05) is 25.2 Å². The van der Waals surface area contributed by atoms with Crippen molar-refractivity contribution in [1.82, 2.24) is 26.1 Å². The number of hydrogen-bond donors (Lipinski definition) is 3. The second-order valence-corrected chi connectivity index (χ2v) is 12.5. The minimum absolute atomic E-state index is 0.238. The number of fused-ring (bicyclic) bond motifs is 1. The summed E-state index contributed by atoms with van der Waals surface area (Å²) in [6.45, 7) is 16.4. The molecule has 3 rings (SSSR count). The Kier molecular flexibility index (Phi) is 12.6. The number of hydrogen-bond acceptors (Lipinski definition) is 8. The summed E-state index contributed by atoms with van der Waals surface area (Å²) in [6, 6.07) is 5.94. The van der Waals surface area contributed by atoms with Crippen LogP contribution in [0.4, 0.5) is 0 Å². The van der Waals surface area contributed by atoms with E-state index in [9.17, 15) is 19.2 Å². The molecule has 0 spiro atoms. The predicted molar refractivity (Wildman–Crippen MR) is 178 cm³/mol. The molecular formula is C35H49N5O6. The number of nitrogens with zero attached hydrogens (tertiary/aromatic N) is 2. The van der Waals surface area contributed by atoms with Gasteiger partial charge >= 0.3 is 5.97 Å². The van der Waals surface area contributed by atoms with E-state index >= 15 is 0 Å². The van der Waals surface area contributed by atoms with Crippen LogP contribution in [0.15, 0.2) is 49.2 Å². The van der Waals surface area contributed by atoms with Gasteiger partial charge in [0.1, 0.15) is 23.7 Å². The van der Waals surface area contributed by atoms with Crippen molar-refractivity contribution in [2.45, 2.75) is 91.1 Å². The number of aromatic nitrogens is 1. The van der Waals surface area contributed by atoms with E-state index in [2.05, 4.69) is 27.6 Å². The van der Waals surface area contributed by atoms with Crippen molar-refractivity contribution < 1.29 is 28.7 Å². The third kappa shape index (κ3) is 8.79. The first-order valence-corrected chi connectivity index (χ1v) is 15.8. The maximum atomic E-state index is 13.5. The van der Waals surface area contributed by atoms with Crippen molar-refractivity contribution in [3.63, 3.8) is 0 Å². The number of amides is 3. The molecule has 46 heavy (non-hydrogen) atoms. The molecule has 0 saturated carbocycles. The lowest BCUT2D eigenvalue weighted by Gasteiger charge is -2.41. The largest absolute Gasteiger partial charge is 0.456 e. The third-order valence-electron chi connectivity index (χ3n) is 8.42. The van der Waals surface area contributed by atoms with E-state index in [1.165, 1.54) is 12.1 Å². The number of esters is 1. The van der Waals surface area contributed by atoms with E-state index in [1.807, 2.05) is 52.0 Å². The fourth-order valence-electron chi connectivity index (χ4n) is 5.42. The van der Waals surface area contributed by atoms with E-state index in [-0.39, 0.29) is 11.8 Å². The van der Waals surface area contributed by atoms with E-state index in [0.29, 0.717) is 19.4 Å². The maximum absolute atomic E-state index is 13.5.